The van der Waals surface area contributed by atoms with Gasteiger partial charge >= 0.3 is 0 Å². The fourth-order valence-corrected chi connectivity index (χ4v) is 2.08. The maximum Gasteiger partial charge on any atom is 0.264 e. The van der Waals surface area contributed by atoms with Crippen LogP contribution in [0.25, 0.3) is 0 Å². The van der Waals surface area contributed by atoms with Gasteiger partial charge in [0.05, 0.1) is 5.60 Å². The van der Waals surface area contributed by atoms with Crippen molar-refractivity contribution in [1.82, 2.24) is 0 Å². The van der Waals surface area contributed by atoms with Gasteiger partial charge in [-0.25, -0.2) is 8.78 Å². The second kappa shape index (κ2) is 2.14. The van der Waals surface area contributed by atoms with Crippen molar-refractivity contribution in [2.45, 2.75) is 31.0 Å². The van der Waals surface area contributed by atoms with Crippen molar-refractivity contribution in [3.63, 3.8) is 0 Å². The Morgan fingerprint density at radius 3 is 2.45 bits per heavy atom. The quantitative estimate of drug-likeness (QED) is 0.652. The summed E-state index contributed by atoms with van der Waals surface area (Å²) < 4.78 is 29.5. The molecule has 0 aromatic rings. The molecule has 2 saturated heterocycles. The van der Waals surface area contributed by atoms with Crippen LogP contribution in [0.1, 0.15) is 12.8 Å². The fraction of sp³-hybridized carbons (Fsp3) is 1.00. The molecule has 0 radical (unpaired) electrons. The summed E-state index contributed by atoms with van der Waals surface area (Å²) in [6, 6.07) is 0. The molecule has 0 spiro atoms. The minimum absolute atomic E-state index is 0.0681. The van der Waals surface area contributed by atoms with Crippen molar-refractivity contribution >= 4 is 0 Å². The van der Waals surface area contributed by atoms with Crippen LogP contribution in [0.4, 0.5) is 8.78 Å². The standard InChI is InChI=1S/C7H11F2NO/c8-6(9)5-4-1-7(2-4,3-10)11-5/h4-6H,1-3,10H2. The number of hydrogen-bond donors (Lipinski definition) is 1. The summed E-state index contributed by atoms with van der Waals surface area (Å²) in [6.45, 7) is 0.382. The number of rotatable bonds is 2. The summed E-state index contributed by atoms with van der Waals surface area (Å²) in [6.07, 6.45) is -1.70. The van der Waals surface area contributed by atoms with Crippen LogP contribution in [0.2, 0.25) is 0 Å². The van der Waals surface area contributed by atoms with Crippen LogP contribution in [-0.4, -0.2) is 24.7 Å². The number of halogens is 2. The smallest absolute Gasteiger partial charge is 0.264 e. The molecular formula is C7H11F2NO. The number of hydrogen-bond acceptors (Lipinski definition) is 2. The fourth-order valence-electron chi connectivity index (χ4n) is 2.08. The van der Waals surface area contributed by atoms with Crippen LogP contribution in [0.5, 0.6) is 0 Å². The van der Waals surface area contributed by atoms with E-state index < -0.39 is 12.5 Å². The van der Waals surface area contributed by atoms with Gasteiger partial charge in [0.1, 0.15) is 6.10 Å². The van der Waals surface area contributed by atoms with Gasteiger partial charge in [0.25, 0.3) is 6.43 Å². The Hall–Kier alpha value is -0.220. The molecule has 1 saturated carbocycles. The average molecular weight is 163 g/mol. The Balaban J connectivity index is 2.02. The van der Waals surface area contributed by atoms with Crippen LogP contribution < -0.4 is 5.73 Å². The zero-order valence-corrected chi connectivity index (χ0v) is 6.09. The van der Waals surface area contributed by atoms with Crippen molar-refractivity contribution < 1.29 is 13.5 Å². The molecule has 3 aliphatic rings. The van der Waals surface area contributed by atoms with Crippen LogP contribution in [0.15, 0.2) is 0 Å². The highest BCUT2D eigenvalue weighted by Gasteiger charge is 2.59. The van der Waals surface area contributed by atoms with Gasteiger partial charge in [-0.2, -0.15) is 0 Å². The lowest BCUT2D eigenvalue weighted by molar-refractivity contribution is -0.0682. The Labute approximate surface area is 63.7 Å². The highest BCUT2D eigenvalue weighted by Crippen LogP contribution is 2.53. The van der Waals surface area contributed by atoms with Crippen LogP contribution >= 0.6 is 0 Å². The van der Waals surface area contributed by atoms with E-state index in [-0.39, 0.29) is 11.5 Å². The van der Waals surface area contributed by atoms with E-state index in [9.17, 15) is 8.78 Å². The molecule has 0 aromatic heterocycles. The first-order valence-electron chi connectivity index (χ1n) is 3.83. The number of alkyl halides is 2. The lowest BCUT2D eigenvalue weighted by Gasteiger charge is -2.34. The monoisotopic (exact) mass is 163 g/mol. The summed E-state index contributed by atoms with van der Waals surface area (Å²) >= 11 is 0. The molecule has 2 nitrogen and oxygen atoms in total. The molecule has 1 aliphatic carbocycles. The summed E-state index contributed by atoms with van der Waals surface area (Å²) in [4.78, 5) is 0. The van der Waals surface area contributed by atoms with Crippen molar-refractivity contribution in [2.24, 2.45) is 11.7 Å². The summed E-state index contributed by atoms with van der Waals surface area (Å²) in [5.41, 5.74) is 5.03. The molecule has 2 aliphatic heterocycles. The molecule has 1 atom stereocenters. The van der Waals surface area contributed by atoms with Gasteiger partial charge in [-0.15, -0.1) is 0 Å². The van der Waals surface area contributed by atoms with Crippen LogP contribution in [-0.2, 0) is 4.74 Å². The maximum absolute atomic E-state index is 12.2. The van der Waals surface area contributed by atoms with E-state index in [1.807, 2.05) is 0 Å². The van der Waals surface area contributed by atoms with Crippen molar-refractivity contribution in [3.8, 4) is 0 Å². The van der Waals surface area contributed by atoms with Crippen molar-refractivity contribution in [2.75, 3.05) is 6.54 Å². The number of ether oxygens (including phenoxy) is 1. The predicted octanol–water partition coefficient (Wildman–Crippen LogP) is 0.758. The Kier molecular flexibility index (Phi) is 1.44. The molecule has 3 fully saturated rings. The Morgan fingerprint density at radius 2 is 2.18 bits per heavy atom. The normalized spacial score (nSPS) is 48.0. The van der Waals surface area contributed by atoms with E-state index in [4.69, 9.17) is 10.5 Å². The van der Waals surface area contributed by atoms with Gasteiger partial charge in [0.2, 0.25) is 0 Å². The first kappa shape index (κ1) is 7.43. The van der Waals surface area contributed by atoms with Gasteiger partial charge in [-0.3, -0.25) is 0 Å². The molecule has 4 heteroatoms. The molecule has 2 bridgehead atoms. The summed E-state index contributed by atoms with van der Waals surface area (Å²) in [7, 11) is 0. The van der Waals surface area contributed by atoms with E-state index in [1.54, 1.807) is 0 Å². The Bertz CT molecular complexity index is 168. The lowest BCUT2D eigenvalue weighted by Crippen LogP contribution is -2.43. The second-order valence-electron chi connectivity index (χ2n) is 3.47. The third-order valence-electron chi connectivity index (χ3n) is 2.74. The molecule has 11 heavy (non-hydrogen) atoms. The Morgan fingerprint density at radius 1 is 1.55 bits per heavy atom. The number of nitrogens with two attached hydrogens (primary N) is 1. The molecule has 0 aromatic carbocycles. The average Bonchev–Trinajstić information content (AvgIpc) is 2.38. The molecular weight excluding hydrogens is 152 g/mol. The third kappa shape index (κ3) is 0.891. The van der Waals surface area contributed by atoms with Crippen LogP contribution in [0.3, 0.4) is 0 Å². The highest BCUT2D eigenvalue weighted by molar-refractivity contribution is 5.07. The SMILES string of the molecule is NCC12CC(C1)C(C(F)F)O2. The predicted molar refractivity (Wildman–Crippen MR) is 35.4 cm³/mol. The first-order chi connectivity index (χ1) is 5.17. The number of fused-ring (bicyclic) bond motifs is 1. The molecule has 2 heterocycles. The van der Waals surface area contributed by atoms with Gasteiger partial charge in [-0.1, -0.05) is 0 Å². The van der Waals surface area contributed by atoms with Crippen molar-refractivity contribution in [3.05, 3.63) is 0 Å². The molecule has 0 amide bonds. The van der Waals surface area contributed by atoms with Gasteiger partial charge in [-0.05, 0) is 18.8 Å². The minimum atomic E-state index is -2.34. The van der Waals surface area contributed by atoms with Gasteiger partial charge < -0.3 is 10.5 Å². The lowest BCUT2D eigenvalue weighted by atomic mass is 9.73. The van der Waals surface area contributed by atoms with E-state index in [0.717, 1.165) is 12.8 Å². The minimum Gasteiger partial charge on any atom is -0.364 e. The summed E-state index contributed by atoms with van der Waals surface area (Å²) in [5.74, 6) is 0.0681. The van der Waals surface area contributed by atoms with Gasteiger partial charge in [0, 0.05) is 6.54 Å². The zero-order chi connectivity index (χ0) is 8.06. The van der Waals surface area contributed by atoms with Gasteiger partial charge in [0.15, 0.2) is 0 Å². The largest absolute Gasteiger partial charge is 0.364 e. The molecule has 3 rings (SSSR count). The van der Waals surface area contributed by atoms with E-state index >= 15 is 0 Å². The summed E-state index contributed by atoms with van der Waals surface area (Å²) in [5, 5.41) is 0. The van der Waals surface area contributed by atoms with E-state index in [1.165, 1.54) is 0 Å². The first-order valence-corrected chi connectivity index (χ1v) is 3.83. The third-order valence-corrected chi connectivity index (χ3v) is 2.74. The zero-order valence-electron chi connectivity index (χ0n) is 6.09. The van der Waals surface area contributed by atoms with E-state index in [0.29, 0.717) is 6.54 Å². The van der Waals surface area contributed by atoms with E-state index in [2.05, 4.69) is 0 Å². The topological polar surface area (TPSA) is 35.2 Å². The molecule has 64 valence electrons. The molecule has 1 unspecified atom stereocenters. The molecule has 2 N–H and O–H groups in total. The van der Waals surface area contributed by atoms with Crippen LogP contribution in [0, 0.1) is 5.92 Å². The highest BCUT2D eigenvalue weighted by atomic mass is 19.3. The maximum atomic E-state index is 12.2. The van der Waals surface area contributed by atoms with Crippen molar-refractivity contribution in [1.29, 1.82) is 0 Å². The second-order valence-corrected chi connectivity index (χ2v) is 3.47.